The van der Waals surface area contributed by atoms with Crippen molar-refractivity contribution in [3.63, 3.8) is 0 Å². The molecule has 1 amide bonds. The number of hydrogen-bond donors (Lipinski definition) is 1. The highest BCUT2D eigenvalue weighted by molar-refractivity contribution is 7.08. The van der Waals surface area contributed by atoms with Gasteiger partial charge in [-0.15, -0.1) is 0 Å². The molecule has 3 rings (SSSR count). The monoisotopic (exact) mass is 359 g/mol. The van der Waals surface area contributed by atoms with Crippen LogP contribution in [0.3, 0.4) is 0 Å². The predicted octanol–water partition coefficient (Wildman–Crippen LogP) is 2.26. The molecule has 1 atom stereocenters. The summed E-state index contributed by atoms with van der Waals surface area (Å²) in [5, 5.41) is 6.48. The summed E-state index contributed by atoms with van der Waals surface area (Å²) in [4.78, 5) is 23.3. The molecule has 1 aromatic carbocycles. The molecule has 1 N–H and O–H groups in total. The van der Waals surface area contributed by atoms with Gasteiger partial charge in [0.2, 0.25) is 0 Å². The molecule has 0 radical (unpaired) electrons. The van der Waals surface area contributed by atoms with Gasteiger partial charge in [-0.1, -0.05) is 12.1 Å². The first-order valence-electron chi connectivity index (χ1n) is 7.73. The number of ether oxygens (including phenoxy) is 3. The highest BCUT2D eigenvalue weighted by Crippen LogP contribution is 2.30. The summed E-state index contributed by atoms with van der Waals surface area (Å²) >= 11 is 1.54. The van der Waals surface area contributed by atoms with Crippen LogP contribution in [0.2, 0.25) is 0 Å². The van der Waals surface area contributed by atoms with Crippen molar-refractivity contribution in [3.05, 3.63) is 52.7 Å². The average molecular weight is 359 g/mol. The summed E-state index contributed by atoms with van der Waals surface area (Å²) in [5.41, 5.74) is 0.918. The molecule has 1 aliphatic heterocycles. The molecule has 0 saturated heterocycles. The van der Waals surface area contributed by atoms with Gasteiger partial charge in [0.25, 0.3) is 5.91 Å². The van der Waals surface area contributed by atoms with E-state index in [0.717, 1.165) is 5.56 Å². The molecule has 0 saturated carbocycles. The molecule has 0 spiro atoms. The molecular formula is C18H17NO5S. The van der Waals surface area contributed by atoms with Gasteiger partial charge in [0.15, 0.2) is 18.1 Å². The molecule has 2 heterocycles. The summed E-state index contributed by atoms with van der Waals surface area (Å²) in [5.74, 6) is 0.390. The Morgan fingerprint density at radius 3 is 2.92 bits per heavy atom. The Bertz CT molecular complexity index is 757. The highest BCUT2D eigenvalue weighted by Gasteiger charge is 2.21. The van der Waals surface area contributed by atoms with Crippen LogP contribution < -0.4 is 14.8 Å². The first kappa shape index (κ1) is 17.0. The second-order valence-electron chi connectivity index (χ2n) is 5.30. The third-order valence-electron chi connectivity index (χ3n) is 3.39. The lowest BCUT2D eigenvalue weighted by Crippen LogP contribution is -2.42. The highest BCUT2D eigenvalue weighted by atomic mass is 32.1. The summed E-state index contributed by atoms with van der Waals surface area (Å²) < 4.78 is 16.2. The fraction of sp³-hybridized carbons (Fsp3) is 0.222. The van der Waals surface area contributed by atoms with Crippen LogP contribution in [0.4, 0.5) is 0 Å². The van der Waals surface area contributed by atoms with Crippen molar-refractivity contribution in [2.75, 3.05) is 19.8 Å². The van der Waals surface area contributed by atoms with E-state index >= 15 is 0 Å². The number of rotatable bonds is 6. The van der Waals surface area contributed by atoms with E-state index in [4.69, 9.17) is 14.2 Å². The normalized spacial score (nSPS) is 15.8. The van der Waals surface area contributed by atoms with Gasteiger partial charge in [-0.05, 0) is 40.6 Å². The van der Waals surface area contributed by atoms with Gasteiger partial charge >= 0.3 is 5.97 Å². The zero-order valence-electron chi connectivity index (χ0n) is 13.3. The number of para-hydroxylation sites is 2. The second-order valence-corrected chi connectivity index (χ2v) is 6.08. The minimum atomic E-state index is -0.562. The molecule has 0 bridgehead atoms. The van der Waals surface area contributed by atoms with E-state index in [1.165, 1.54) is 17.4 Å². The Kier molecular flexibility index (Phi) is 5.69. The number of amides is 1. The lowest BCUT2D eigenvalue weighted by molar-refractivity contribution is -0.143. The van der Waals surface area contributed by atoms with E-state index in [1.807, 2.05) is 41.1 Å². The molecule has 2 aromatic rings. The predicted molar refractivity (Wildman–Crippen MR) is 93.7 cm³/mol. The minimum absolute atomic E-state index is 0.273. The third-order valence-corrected chi connectivity index (χ3v) is 4.10. The molecule has 0 fully saturated rings. The summed E-state index contributed by atoms with van der Waals surface area (Å²) in [6.45, 7) is 0.285. The molecule has 6 nitrogen and oxygen atoms in total. The van der Waals surface area contributed by atoms with Crippen LogP contribution in [0.5, 0.6) is 11.5 Å². The summed E-state index contributed by atoms with van der Waals surface area (Å²) in [6, 6.07) is 9.24. The van der Waals surface area contributed by atoms with E-state index in [2.05, 4.69) is 5.32 Å². The van der Waals surface area contributed by atoms with Gasteiger partial charge < -0.3 is 19.5 Å². The third kappa shape index (κ3) is 5.09. The maximum atomic E-state index is 11.8. The quantitative estimate of drug-likeness (QED) is 0.633. The van der Waals surface area contributed by atoms with E-state index in [9.17, 15) is 9.59 Å². The number of fused-ring (bicyclic) bond motifs is 1. The van der Waals surface area contributed by atoms with Gasteiger partial charge in [-0.2, -0.15) is 11.3 Å². The van der Waals surface area contributed by atoms with Crippen molar-refractivity contribution in [3.8, 4) is 11.5 Å². The molecule has 1 aliphatic rings. The van der Waals surface area contributed by atoms with E-state index in [-0.39, 0.29) is 25.2 Å². The lowest BCUT2D eigenvalue weighted by atomic mass is 10.2. The Morgan fingerprint density at radius 1 is 1.28 bits per heavy atom. The minimum Gasteiger partial charge on any atom is -0.486 e. The molecule has 0 unspecified atom stereocenters. The van der Waals surface area contributed by atoms with E-state index < -0.39 is 5.97 Å². The maximum Gasteiger partial charge on any atom is 0.331 e. The average Bonchev–Trinajstić information content (AvgIpc) is 3.16. The van der Waals surface area contributed by atoms with Crippen LogP contribution in [-0.2, 0) is 14.3 Å². The number of nitrogens with one attached hydrogen (secondary N) is 1. The molecule has 0 aliphatic carbocycles. The van der Waals surface area contributed by atoms with Crippen LogP contribution in [-0.4, -0.2) is 37.7 Å². The molecule has 1 aromatic heterocycles. The second kappa shape index (κ2) is 8.34. The summed E-state index contributed by atoms with van der Waals surface area (Å²) in [7, 11) is 0. The SMILES string of the molecule is O=C(COC(=O)/C=C/c1ccsc1)NC[C@@H]1COc2ccccc2O1. The number of hydrogen-bond acceptors (Lipinski definition) is 6. The fourth-order valence-corrected chi connectivity index (χ4v) is 2.79. The number of carbonyl (C=O) groups is 2. The zero-order valence-corrected chi connectivity index (χ0v) is 14.2. The van der Waals surface area contributed by atoms with Crippen LogP contribution >= 0.6 is 11.3 Å². The van der Waals surface area contributed by atoms with E-state index in [0.29, 0.717) is 18.1 Å². The lowest BCUT2D eigenvalue weighted by Gasteiger charge is -2.26. The van der Waals surface area contributed by atoms with Gasteiger partial charge in [0.05, 0.1) is 6.54 Å². The van der Waals surface area contributed by atoms with Gasteiger partial charge in [0.1, 0.15) is 12.7 Å². The van der Waals surface area contributed by atoms with Crippen molar-refractivity contribution in [2.24, 2.45) is 0 Å². The smallest absolute Gasteiger partial charge is 0.331 e. The molecular weight excluding hydrogens is 342 g/mol. The maximum absolute atomic E-state index is 11.8. The van der Waals surface area contributed by atoms with Crippen LogP contribution in [0.1, 0.15) is 5.56 Å². The number of benzene rings is 1. The largest absolute Gasteiger partial charge is 0.486 e. The topological polar surface area (TPSA) is 73.9 Å². The fourth-order valence-electron chi connectivity index (χ4n) is 2.16. The molecule has 7 heteroatoms. The van der Waals surface area contributed by atoms with E-state index in [1.54, 1.807) is 6.08 Å². The number of thiophene rings is 1. The van der Waals surface area contributed by atoms with Crippen LogP contribution in [0.25, 0.3) is 6.08 Å². The van der Waals surface area contributed by atoms with Gasteiger partial charge in [0, 0.05) is 6.08 Å². The van der Waals surface area contributed by atoms with Gasteiger partial charge in [-0.25, -0.2) is 4.79 Å². The Morgan fingerprint density at radius 2 is 2.12 bits per heavy atom. The van der Waals surface area contributed by atoms with Crippen molar-refractivity contribution in [1.82, 2.24) is 5.32 Å². The Balaban J connectivity index is 1.36. The standard InChI is InChI=1S/C18H17NO5S/c20-17(11-23-18(21)6-5-13-7-8-25-12-13)19-9-14-10-22-15-3-1-2-4-16(15)24-14/h1-8,12,14H,9-11H2,(H,19,20)/b6-5+/t14-/m1/s1. The molecule has 130 valence electrons. The van der Waals surface area contributed by atoms with Gasteiger partial charge in [-0.3, -0.25) is 4.79 Å². The number of carbonyl (C=O) groups excluding carboxylic acids is 2. The summed E-state index contributed by atoms with van der Waals surface area (Å²) in [6.07, 6.45) is 2.65. The zero-order chi connectivity index (χ0) is 17.5. The Labute approximate surface area is 149 Å². The van der Waals surface area contributed by atoms with Crippen LogP contribution in [0.15, 0.2) is 47.2 Å². The molecule has 25 heavy (non-hydrogen) atoms. The van der Waals surface area contributed by atoms with Crippen molar-refractivity contribution >= 4 is 29.3 Å². The van der Waals surface area contributed by atoms with Crippen molar-refractivity contribution in [2.45, 2.75) is 6.10 Å². The van der Waals surface area contributed by atoms with Crippen molar-refractivity contribution < 1.29 is 23.8 Å². The first-order chi connectivity index (χ1) is 12.2. The van der Waals surface area contributed by atoms with Crippen molar-refractivity contribution in [1.29, 1.82) is 0 Å². The van der Waals surface area contributed by atoms with Crippen LogP contribution in [0, 0.1) is 0 Å². The Hall–Kier alpha value is -2.80. The first-order valence-corrected chi connectivity index (χ1v) is 8.67. The number of esters is 1.